The van der Waals surface area contributed by atoms with Gasteiger partial charge in [0.1, 0.15) is 11.6 Å². The zero-order valence-electron chi connectivity index (χ0n) is 12.9. The quantitative estimate of drug-likeness (QED) is 0.688. The predicted molar refractivity (Wildman–Crippen MR) is 93.9 cm³/mol. The van der Waals surface area contributed by atoms with Gasteiger partial charge in [0.2, 0.25) is 0 Å². The van der Waals surface area contributed by atoms with Gasteiger partial charge in [-0.25, -0.2) is 0 Å². The molecule has 0 saturated carbocycles. The molecule has 0 saturated heterocycles. The van der Waals surface area contributed by atoms with E-state index in [1.807, 2.05) is 31.2 Å². The molecule has 0 spiro atoms. The minimum absolute atomic E-state index is 0.210. The van der Waals surface area contributed by atoms with Crippen molar-refractivity contribution in [3.8, 4) is 5.75 Å². The number of benzene rings is 2. The van der Waals surface area contributed by atoms with Gasteiger partial charge in [-0.05, 0) is 30.7 Å². The number of carbonyl (C=O) groups is 1. The van der Waals surface area contributed by atoms with Gasteiger partial charge in [-0.1, -0.05) is 35.9 Å². The molecule has 122 valence electrons. The molecule has 6 nitrogen and oxygen atoms in total. The molecule has 24 heavy (non-hydrogen) atoms. The summed E-state index contributed by atoms with van der Waals surface area (Å²) in [5.41, 5.74) is 6.74. The van der Waals surface area contributed by atoms with Crippen molar-refractivity contribution in [3.63, 3.8) is 0 Å². The van der Waals surface area contributed by atoms with E-state index in [1.165, 1.54) is 0 Å². The van der Waals surface area contributed by atoms with Crippen LogP contribution in [0.5, 0.6) is 5.75 Å². The molecule has 0 atom stereocenters. The number of nitrogens with two attached hydrogens (primary N) is 1. The Morgan fingerprint density at radius 3 is 2.75 bits per heavy atom. The van der Waals surface area contributed by atoms with Gasteiger partial charge in [0.25, 0.3) is 0 Å². The number of carbonyl (C=O) groups excluding carboxylic acids is 1. The number of aromatic nitrogens is 1. The maximum Gasteiger partial charge on any atom is 0.302 e. The van der Waals surface area contributed by atoms with Crippen molar-refractivity contribution >= 4 is 39.9 Å². The minimum Gasteiger partial charge on any atom is -0.484 e. The molecular formula is C17H15ClN4O2. The monoisotopic (exact) mass is 342 g/mol. The number of hydrogen-bond donors (Lipinski definition) is 2. The summed E-state index contributed by atoms with van der Waals surface area (Å²) >= 11 is 5.94. The fraction of sp³-hybridized carbons (Fsp3) is 0.118. The van der Waals surface area contributed by atoms with E-state index in [9.17, 15) is 4.79 Å². The molecule has 0 bridgehead atoms. The summed E-state index contributed by atoms with van der Waals surface area (Å²) in [6.45, 7) is 1.65. The van der Waals surface area contributed by atoms with Gasteiger partial charge in [-0.15, -0.1) is 10.2 Å². The molecule has 3 N–H and O–H groups in total. The van der Waals surface area contributed by atoms with Crippen LogP contribution in [0.1, 0.15) is 5.56 Å². The van der Waals surface area contributed by atoms with Crippen molar-refractivity contribution in [2.45, 2.75) is 6.92 Å². The molecule has 1 amide bonds. The number of ether oxygens (including phenoxy) is 1. The number of rotatable bonds is 4. The lowest BCUT2D eigenvalue weighted by molar-refractivity contribution is -0.120. The third-order valence-corrected chi connectivity index (χ3v) is 3.90. The van der Waals surface area contributed by atoms with E-state index in [2.05, 4.69) is 15.2 Å². The van der Waals surface area contributed by atoms with E-state index in [0.29, 0.717) is 22.4 Å². The fourth-order valence-corrected chi connectivity index (χ4v) is 2.37. The van der Waals surface area contributed by atoms with Crippen molar-refractivity contribution in [2.24, 2.45) is 10.2 Å². The Kier molecular flexibility index (Phi) is 4.48. The zero-order chi connectivity index (χ0) is 17.1. The fourth-order valence-electron chi connectivity index (χ4n) is 2.25. The van der Waals surface area contributed by atoms with Crippen LogP contribution >= 0.6 is 11.6 Å². The van der Waals surface area contributed by atoms with Crippen LogP contribution in [0.2, 0.25) is 5.02 Å². The van der Waals surface area contributed by atoms with E-state index in [4.69, 9.17) is 22.1 Å². The maximum atomic E-state index is 11.8. The maximum absolute atomic E-state index is 11.8. The Morgan fingerprint density at radius 1 is 1.25 bits per heavy atom. The lowest BCUT2D eigenvalue weighted by Crippen LogP contribution is -2.07. The first-order valence-electron chi connectivity index (χ1n) is 7.24. The molecule has 1 aromatic heterocycles. The van der Waals surface area contributed by atoms with Gasteiger partial charge in [-0.2, -0.15) is 0 Å². The first kappa shape index (κ1) is 16.0. The molecule has 2 aromatic carbocycles. The van der Waals surface area contributed by atoms with Crippen molar-refractivity contribution in [1.29, 1.82) is 0 Å². The summed E-state index contributed by atoms with van der Waals surface area (Å²) in [6.07, 6.45) is 0. The molecule has 0 aliphatic carbocycles. The number of H-pyrrole nitrogens is 1. The summed E-state index contributed by atoms with van der Waals surface area (Å²) in [6, 6.07) is 12.6. The molecule has 0 aliphatic heterocycles. The summed E-state index contributed by atoms with van der Waals surface area (Å²) in [7, 11) is 0. The van der Waals surface area contributed by atoms with Gasteiger partial charge < -0.3 is 15.5 Å². The molecule has 1 heterocycles. The second-order valence-electron chi connectivity index (χ2n) is 5.23. The Hall–Kier alpha value is -2.86. The largest absolute Gasteiger partial charge is 0.484 e. The number of amides is 1. The highest BCUT2D eigenvalue weighted by molar-refractivity contribution is 6.31. The summed E-state index contributed by atoms with van der Waals surface area (Å²) in [4.78, 5) is 14.7. The second kappa shape index (κ2) is 6.72. The smallest absolute Gasteiger partial charge is 0.302 e. The topological polar surface area (TPSA) is 92.8 Å². The highest BCUT2D eigenvalue weighted by atomic mass is 35.5. The van der Waals surface area contributed by atoms with Crippen molar-refractivity contribution in [1.82, 2.24) is 4.98 Å². The van der Waals surface area contributed by atoms with Gasteiger partial charge in [0.15, 0.2) is 12.4 Å². The van der Waals surface area contributed by atoms with E-state index in [0.717, 1.165) is 16.3 Å². The molecule has 3 rings (SSSR count). The number of nitrogens with zero attached hydrogens (tertiary/aromatic N) is 2. The molecule has 0 aliphatic rings. The van der Waals surface area contributed by atoms with E-state index in [1.54, 1.807) is 18.2 Å². The van der Waals surface area contributed by atoms with Crippen LogP contribution in [0.15, 0.2) is 52.7 Å². The number of anilines is 1. The lowest BCUT2D eigenvalue weighted by Gasteiger charge is -2.04. The third kappa shape index (κ3) is 3.38. The normalized spacial score (nSPS) is 11.2. The highest BCUT2D eigenvalue weighted by Crippen LogP contribution is 2.30. The van der Waals surface area contributed by atoms with Crippen molar-refractivity contribution < 1.29 is 9.53 Å². The number of halogens is 1. The van der Waals surface area contributed by atoms with Crippen LogP contribution in [0.4, 0.5) is 11.6 Å². The highest BCUT2D eigenvalue weighted by Gasteiger charge is 2.08. The number of aryl methyl sites for hydroxylation is 1. The van der Waals surface area contributed by atoms with Crippen molar-refractivity contribution in [2.75, 3.05) is 12.3 Å². The standard InChI is InChI=1S/C17H15ClN4O2/c1-10-8-11(6-7-14(10)18)24-9-15(23)21-22-17-13-5-3-2-4-12(13)16(19)20-17/h2-8,20H,9,19H2,1H3. The predicted octanol–water partition coefficient (Wildman–Crippen LogP) is 4.40. The summed E-state index contributed by atoms with van der Waals surface area (Å²) in [5.74, 6) is 0.980. The minimum atomic E-state index is -0.500. The third-order valence-electron chi connectivity index (χ3n) is 3.48. The SMILES string of the molecule is Cc1cc(OCC(=O)N=Nc2[nH]c(N)c3ccccc23)ccc1Cl. The Labute approximate surface area is 143 Å². The van der Waals surface area contributed by atoms with Gasteiger partial charge in [0, 0.05) is 15.8 Å². The number of nitrogen functional groups attached to an aromatic ring is 1. The summed E-state index contributed by atoms with van der Waals surface area (Å²) in [5, 5.41) is 9.89. The Balaban J connectivity index is 1.67. The van der Waals surface area contributed by atoms with Crippen LogP contribution in [0, 0.1) is 6.92 Å². The van der Waals surface area contributed by atoms with E-state index < -0.39 is 5.91 Å². The number of fused-ring (bicyclic) bond motifs is 1. The average Bonchev–Trinajstić information content (AvgIpc) is 2.91. The van der Waals surface area contributed by atoms with Gasteiger partial charge in [0.05, 0.1) is 0 Å². The zero-order valence-corrected chi connectivity index (χ0v) is 13.7. The molecular weight excluding hydrogens is 328 g/mol. The number of azo groups is 1. The van der Waals surface area contributed by atoms with E-state index >= 15 is 0 Å². The molecule has 0 fully saturated rings. The van der Waals surface area contributed by atoms with Crippen LogP contribution in [0.3, 0.4) is 0 Å². The number of hydrogen-bond acceptors (Lipinski definition) is 4. The van der Waals surface area contributed by atoms with Crippen LogP contribution in [0.25, 0.3) is 10.8 Å². The molecule has 7 heteroatoms. The van der Waals surface area contributed by atoms with Gasteiger partial charge >= 0.3 is 5.91 Å². The van der Waals surface area contributed by atoms with Crippen LogP contribution in [-0.2, 0) is 4.79 Å². The molecule has 3 aromatic rings. The first-order chi connectivity index (χ1) is 11.5. The number of aromatic amines is 1. The van der Waals surface area contributed by atoms with Crippen molar-refractivity contribution in [3.05, 3.63) is 53.1 Å². The van der Waals surface area contributed by atoms with E-state index in [-0.39, 0.29) is 6.61 Å². The first-order valence-corrected chi connectivity index (χ1v) is 7.62. The molecule has 0 unspecified atom stereocenters. The Morgan fingerprint density at radius 2 is 2.00 bits per heavy atom. The average molecular weight is 343 g/mol. The summed E-state index contributed by atoms with van der Waals surface area (Å²) < 4.78 is 5.39. The van der Waals surface area contributed by atoms with Crippen LogP contribution < -0.4 is 10.5 Å². The lowest BCUT2D eigenvalue weighted by atomic mass is 10.2. The van der Waals surface area contributed by atoms with Gasteiger partial charge in [-0.3, -0.25) is 4.79 Å². The second-order valence-corrected chi connectivity index (χ2v) is 5.63. The number of nitrogens with one attached hydrogen (secondary N) is 1. The Bertz CT molecular complexity index is 933. The van der Waals surface area contributed by atoms with Crippen LogP contribution in [-0.4, -0.2) is 17.5 Å². The molecule has 0 radical (unpaired) electrons.